The molecular weight excluding hydrogens is 392 g/mol. The van der Waals surface area contributed by atoms with E-state index in [0.29, 0.717) is 24.2 Å². The van der Waals surface area contributed by atoms with E-state index >= 15 is 0 Å². The molecule has 1 aliphatic rings. The number of oxazole rings is 1. The molecule has 0 unspecified atom stereocenters. The van der Waals surface area contributed by atoms with Gasteiger partial charge in [0.05, 0.1) is 0 Å². The summed E-state index contributed by atoms with van der Waals surface area (Å²) >= 11 is 0. The van der Waals surface area contributed by atoms with Crippen LogP contribution in [-0.2, 0) is 9.59 Å². The number of carbonyl (C=O) groups is 2. The van der Waals surface area contributed by atoms with Crippen LogP contribution in [0.15, 0.2) is 40.8 Å². The van der Waals surface area contributed by atoms with Crippen LogP contribution in [0.25, 0.3) is 11.1 Å². The van der Waals surface area contributed by atoms with Crippen molar-refractivity contribution in [2.75, 3.05) is 29.9 Å². The van der Waals surface area contributed by atoms with Crippen molar-refractivity contribution in [1.82, 2.24) is 10.3 Å². The van der Waals surface area contributed by atoms with Crippen molar-refractivity contribution in [1.29, 1.82) is 0 Å². The number of benzene rings is 2. The van der Waals surface area contributed by atoms with E-state index in [1.807, 2.05) is 57.2 Å². The average molecular weight is 421 g/mol. The molecule has 7 heteroatoms. The maximum atomic E-state index is 12.3. The molecular formula is C24H28N4O3. The first-order chi connectivity index (χ1) is 14.9. The lowest BCUT2D eigenvalue weighted by Crippen LogP contribution is -2.42. The number of hydrogen-bond acceptors (Lipinski definition) is 5. The summed E-state index contributed by atoms with van der Waals surface area (Å²) in [6, 6.07) is 12.4. The van der Waals surface area contributed by atoms with Gasteiger partial charge < -0.3 is 20.0 Å². The molecule has 1 aliphatic heterocycles. The van der Waals surface area contributed by atoms with Crippen molar-refractivity contribution in [2.24, 2.45) is 5.92 Å². The zero-order valence-corrected chi connectivity index (χ0v) is 18.2. The first-order valence-corrected chi connectivity index (χ1v) is 10.7. The number of para-hydroxylation sites is 2. The Hall–Kier alpha value is -3.35. The number of carbonyl (C=O) groups excluding carboxylic acids is 2. The fourth-order valence-electron chi connectivity index (χ4n) is 4.19. The van der Waals surface area contributed by atoms with Gasteiger partial charge in [0.2, 0.25) is 0 Å². The molecule has 0 aliphatic carbocycles. The third kappa shape index (κ3) is 4.71. The molecule has 2 heterocycles. The molecule has 1 saturated heterocycles. The number of nitrogens with zero attached hydrogens (tertiary/aromatic N) is 2. The number of aromatic nitrogens is 1. The zero-order valence-electron chi connectivity index (χ0n) is 18.2. The first-order valence-electron chi connectivity index (χ1n) is 10.7. The Morgan fingerprint density at radius 3 is 2.42 bits per heavy atom. The molecule has 2 amide bonds. The number of fused-ring (bicyclic) bond motifs is 1. The SMILES string of the molecule is Cc1cc(C)c(NC(=O)C(=O)NCC2CCN(c3nc4ccccc4o3)CC2)c(C)c1. The number of rotatable bonds is 4. The smallest absolute Gasteiger partial charge is 0.313 e. The van der Waals surface area contributed by atoms with Gasteiger partial charge >= 0.3 is 11.8 Å². The minimum Gasteiger partial charge on any atom is -0.423 e. The van der Waals surface area contributed by atoms with Crippen LogP contribution in [0, 0.1) is 26.7 Å². The van der Waals surface area contributed by atoms with Crippen LogP contribution in [0.1, 0.15) is 29.5 Å². The maximum absolute atomic E-state index is 12.3. The van der Waals surface area contributed by atoms with Crippen molar-refractivity contribution >= 4 is 34.6 Å². The van der Waals surface area contributed by atoms with Gasteiger partial charge in [-0.05, 0) is 62.8 Å². The summed E-state index contributed by atoms with van der Waals surface area (Å²) in [5, 5.41) is 5.54. The van der Waals surface area contributed by atoms with Crippen molar-refractivity contribution in [3.63, 3.8) is 0 Å². The number of piperidine rings is 1. The van der Waals surface area contributed by atoms with E-state index in [1.165, 1.54) is 0 Å². The Morgan fingerprint density at radius 1 is 1.06 bits per heavy atom. The molecule has 3 aromatic rings. The van der Waals surface area contributed by atoms with Gasteiger partial charge in [-0.2, -0.15) is 4.98 Å². The van der Waals surface area contributed by atoms with E-state index < -0.39 is 11.8 Å². The van der Waals surface area contributed by atoms with Crippen molar-refractivity contribution in [3.8, 4) is 0 Å². The highest BCUT2D eigenvalue weighted by Gasteiger charge is 2.24. The standard InChI is InChI=1S/C24H28N4O3/c1-15-12-16(2)21(17(3)13-15)27-23(30)22(29)25-14-18-8-10-28(11-9-18)24-26-19-6-4-5-7-20(19)31-24/h4-7,12-13,18H,8-11,14H2,1-3H3,(H,25,29)(H,27,30). The van der Waals surface area contributed by atoms with Crippen LogP contribution < -0.4 is 15.5 Å². The number of amides is 2. The molecule has 2 N–H and O–H groups in total. The largest absolute Gasteiger partial charge is 0.423 e. The summed E-state index contributed by atoms with van der Waals surface area (Å²) in [6.07, 6.45) is 1.80. The Balaban J connectivity index is 1.26. The van der Waals surface area contributed by atoms with Gasteiger partial charge in [0.25, 0.3) is 6.01 Å². The molecule has 0 saturated carbocycles. The van der Waals surface area contributed by atoms with Gasteiger partial charge in [0.1, 0.15) is 5.52 Å². The number of anilines is 2. The molecule has 1 fully saturated rings. The summed E-state index contributed by atoms with van der Waals surface area (Å²) < 4.78 is 5.85. The lowest BCUT2D eigenvalue weighted by atomic mass is 9.97. The first kappa shape index (κ1) is 20.9. The van der Waals surface area contributed by atoms with E-state index in [2.05, 4.69) is 20.5 Å². The van der Waals surface area contributed by atoms with Gasteiger partial charge in [-0.3, -0.25) is 9.59 Å². The van der Waals surface area contributed by atoms with E-state index in [1.54, 1.807) is 0 Å². The highest BCUT2D eigenvalue weighted by atomic mass is 16.4. The molecule has 0 radical (unpaired) electrons. The minimum atomic E-state index is -0.626. The van der Waals surface area contributed by atoms with Gasteiger partial charge in [-0.15, -0.1) is 0 Å². The van der Waals surface area contributed by atoms with Crippen molar-refractivity contribution in [2.45, 2.75) is 33.6 Å². The quantitative estimate of drug-likeness (QED) is 0.628. The van der Waals surface area contributed by atoms with Gasteiger partial charge in [-0.1, -0.05) is 29.8 Å². The van der Waals surface area contributed by atoms with Crippen LogP contribution in [0.4, 0.5) is 11.7 Å². The van der Waals surface area contributed by atoms with Crippen LogP contribution >= 0.6 is 0 Å². The number of aryl methyl sites for hydroxylation is 3. The lowest BCUT2D eigenvalue weighted by Gasteiger charge is -2.30. The fraction of sp³-hybridized carbons (Fsp3) is 0.375. The van der Waals surface area contributed by atoms with Crippen LogP contribution in [0.5, 0.6) is 0 Å². The summed E-state index contributed by atoms with van der Waals surface area (Å²) in [5.41, 5.74) is 5.38. The Labute approximate surface area is 181 Å². The van der Waals surface area contributed by atoms with E-state index in [4.69, 9.17) is 4.42 Å². The predicted octanol–water partition coefficient (Wildman–Crippen LogP) is 3.72. The molecule has 7 nitrogen and oxygen atoms in total. The molecule has 162 valence electrons. The Morgan fingerprint density at radius 2 is 1.74 bits per heavy atom. The molecule has 0 bridgehead atoms. The normalized spacial score (nSPS) is 14.6. The van der Waals surface area contributed by atoms with Gasteiger partial charge in [0, 0.05) is 25.3 Å². The van der Waals surface area contributed by atoms with Crippen LogP contribution in [-0.4, -0.2) is 36.4 Å². The third-order valence-corrected chi connectivity index (χ3v) is 5.84. The molecule has 31 heavy (non-hydrogen) atoms. The van der Waals surface area contributed by atoms with Crippen LogP contribution in [0.3, 0.4) is 0 Å². The molecule has 1 aromatic heterocycles. The second kappa shape index (κ2) is 8.79. The van der Waals surface area contributed by atoms with E-state index in [9.17, 15) is 9.59 Å². The lowest BCUT2D eigenvalue weighted by molar-refractivity contribution is -0.136. The zero-order chi connectivity index (χ0) is 22.0. The molecule has 2 aromatic carbocycles. The van der Waals surface area contributed by atoms with E-state index in [0.717, 1.165) is 53.7 Å². The molecule has 0 spiro atoms. The third-order valence-electron chi connectivity index (χ3n) is 5.84. The summed E-state index contributed by atoms with van der Waals surface area (Å²) in [6.45, 7) is 7.96. The summed E-state index contributed by atoms with van der Waals surface area (Å²) in [4.78, 5) is 31.3. The maximum Gasteiger partial charge on any atom is 0.313 e. The highest BCUT2D eigenvalue weighted by molar-refractivity contribution is 6.39. The van der Waals surface area contributed by atoms with Crippen molar-refractivity contribution in [3.05, 3.63) is 53.1 Å². The Kier molecular flexibility index (Phi) is 5.93. The average Bonchev–Trinajstić information content (AvgIpc) is 3.19. The number of hydrogen-bond donors (Lipinski definition) is 2. The second-order valence-corrected chi connectivity index (χ2v) is 8.33. The van der Waals surface area contributed by atoms with Gasteiger partial charge in [-0.25, -0.2) is 0 Å². The van der Waals surface area contributed by atoms with Gasteiger partial charge in [0.15, 0.2) is 5.58 Å². The summed E-state index contributed by atoms with van der Waals surface area (Å²) in [7, 11) is 0. The van der Waals surface area contributed by atoms with Crippen molar-refractivity contribution < 1.29 is 14.0 Å². The fourth-order valence-corrected chi connectivity index (χ4v) is 4.19. The second-order valence-electron chi connectivity index (χ2n) is 8.33. The van der Waals surface area contributed by atoms with Crippen LogP contribution in [0.2, 0.25) is 0 Å². The van der Waals surface area contributed by atoms with E-state index in [-0.39, 0.29) is 0 Å². The predicted molar refractivity (Wildman–Crippen MR) is 121 cm³/mol. The minimum absolute atomic E-state index is 0.320. The monoisotopic (exact) mass is 420 g/mol. The topological polar surface area (TPSA) is 87.5 Å². The summed E-state index contributed by atoms with van der Waals surface area (Å²) in [5.74, 6) is -0.903. The Bertz CT molecular complexity index is 1060. The molecule has 0 atom stereocenters. The number of nitrogens with one attached hydrogen (secondary N) is 2. The highest BCUT2D eigenvalue weighted by Crippen LogP contribution is 2.26. The molecule has 4 rings (SSSR count).